The molecule has 2 rings (SSSR count). The number of amides is 3. The van der Waals surface area contributed by atoms with Gasteiger partial charge in [-0.2, -0.15) is 0 Å². The molecule has 0 aromatic rings. The van der Waals surface area contributed by atoms with E-state index in [0.717, 1.165) is 4.90 Å². The monoisotopic (exact) mass is 489 g/mol. The SMILES string of the molecule is C=CCOC(=O)N1C(=O)COC[C@@H]1C.C=CCOC(=O)N1C(OC)COC[C@@H]1C.C[C@H](N)CO. The van der Waals surface area contributed by atoms with Gasteiger partial charge in [0, 0.05) is 13.2 Å². The number of carbonyl (C=O) groups is 3. The number of aliphatic hydroxyl groups excluding tert-OH is 1. The summed E-state index contributed by atoms with van der Waals surface area (Å²) < 4.78 is 25.1. The predicted octanol–water partition coefficient (Wildman–Crippen LogP) is 0.884. The summed E-state index contributed by atoms with van der Waals surface area (Å²) in [7, 11) is 1.54. The van der Waals surface area contributed by atoms with Gasteiger partial charge in [-0.3, -0.25) is 9.69 Å². The van der Waals surface area contributed by atoms with E-state index in [9.17, 15) is 14.4 Å². The third kappa shape index (κ3) is 11.6. The highest BCUT2D eigenvalue weighted by Crippen LogP contribution is 2.15. The van der Waals surface area contributed by atoms with Gasteiger partial charge in [0.15, 0.2) is 6.23 Å². The zero-order valence-electron chi connectivity index (χ0n) is 20.5. The normalized spacial score (nSPS) is 22.8. The van der Waals surface area contributed by atoms with E-state index in [2.05, 4.69) is 13.2 Å². The molecule has 196 valence electrons. The van der Waals surface area contributed by atoms with Crippen LogP contribution < -0.4 is 5.73 Å². The zero-order valence-corrected chi connectivity index (χ0v) is 20.5. The van der Waals surface area contributed by atoms with E-state index in [1.807, 2.05) is 6.92 Å². The first-order chi connectivity index (χ1) is 16.1. The maximum Gasteiger partial charge on any atom is 0.417 e. The Hall–Kier alpha value is -2.51. The van der Waals surface area contributed by atoms with E-state index in [1.165, 1.54) is 12.2 Å². The molecule has 2 aliphatic heterocycles. The van der Waals surface area contributed by atoms with Gasteiger partial charge < -0.3 is 34.5 Å². The topological polar surface area (TPSA) is 150 Å². The lowest BCUT2D eigenvalue weighted by Gasteiger charge is -2.38. The highest BCUT2D eigenvalue weighted by atomic mass is 16.6. The molecule has 0 aromatic carbocycles. The molecule has 3 amide bonds. The van der Waals surface area contributed by atoms with Crippen molar-refractivity contribution in [1.29, 1.82) is 0 Å². The maximum absolute atomic E-state index is 11.7. The Morgan fingerprint density at radius 2 is 1.65 bits per heavy atom. The number of methoxy groups -OCH3 is 1. The molecule has 12 nitrogen and oxygen atoms in total. The molecule has 0 saturated carbocycles. The lowest BCUT2D eigenvalue weighted by atomic mass is 10.2. The summed E-state index contributed by atoms with van der Waals surface area (Å²) in [6.45, 7) is 13.8. The number of nitrogens with zero attached hydrogens (tertiary/aromatic N) is 2. The lowest BCUT2D eigenvalue weighted by Crippen LogP contribution is -2.54. The zero-order chi connectivity index (χ0) is 26.1. The highest BCUT2D eigenvalue weighted by molar-refractivity contribution is 5.93. The highest BCUT2D eigenvalue weighted by Gasteiger charge is 2.33. The van der Waals surface area contributed by atoms with Crippen molar-refractivity contribution in [2.24, 2.45) is 5.73 Å². The molecule has 3 N–H and O–H groups in total. The summed E-state index contributed by atoms with van der Waals surface area (Å²) >= 11 is 0. The number of rotatable bonds is 6. The van der Waals surface area contributed by atoms with Crippen LogP contribution in [-0.4, -0.2) is 111 Å². The number of hydrogen-bond donors (Lipinski definition) is 2. The Kier molecular flexibility index (Phi) is 16.6. The number of aliphatic hydroxyl groups is 1. The maximum atomic E-state index is 11.7. The largest absolute Gasteiger partial charge is 0.445 e. The fraction of sp³-hybridized carbons (Fsp3) is 0.682. The molecule has 0 spiro atoms. The van der Waals surface area contributed by atoms with Gasteiger partial charge in [-0.25, -0.2) is 14.5 Å². The molecule has 0 aromatic heterocycles. The fourth-order valence-corrected chi connectivity index (χ4v) is 2.66. The average molecular weight is 490 g/mol. The van der Waals surface area contributed by atoms with Gasteiger partial charge in [-0.1, -0.05) is 25.3 Å². The lowest BCUT2D eigenvalue weighted by molar-refractivity contribution is -0.144. The van der Waals surface area contributed by atoms with Gasteiger partial charge in [-0.05, 0) is 20.8 Å². The molecular formula is C22H39N3O9. The number of ether oxygens (including phenoxy) is 5. The Balaban J connectivity index is 0.000000537. The smallest absolute Gasteiger partial charge is 0.417 e. The van der Waals surface area contributed by atoms with Crippen molar-refractivity contribution >= 4 is 18.1 Å². The van der Waals surface area contributed by atoms with Gasteiger partial charge in [0.1, 0.15) is 19.8 Å². The first kappa shape index (κ1) is 31.5. The molecule has 0 bridgehead atoms. The number of morpholine rings is 2. The summed E-state index contributed by atoms with van der Waals surface area (Å²) in [5, 5.41) is 8.02. The fourth-order valence-electron chi connectivity index (χ4n) is 2.66. The van der Waals surface area contributed by atoms with Crippen LogP contribution >= 0.6 is 0 Å². The third-order valence-electron chi connectivity index (χ3n) is 4.32. The van der Waals surface area contributed by atoms with Crippen LogP contribution in [0.1, 0.15) is 20.8 Å². The molecule has 34 heavy (non-hydrogen) atoms. The minimum atomic E-state index is -0.634. The molecule has 2 aliphatic rings. The van der Waals surface area contributed by atoms with Crippen LogP contribution in [0.5, 0.6) is 0 Å². The average Bonchev–Trinajstić information content (AvgIpc) is 2.81. The molecule has 12 heteroatoms. The first-order valence-corrected chi connectivity index (χ1v) is 10.8. The molecule has 0 aliphatic carbocycles. The van der Waals surface area contributed by atoms with Gasteiger partial charge in [0.05, 0.1) is 38.5 Å². The molecule has 2 heterocycles. The summed E-state index contributed by atoms with van der Waals surface area (Å²) in [5.41, 5.74) is 5.04. The van der Waals surface area contributed by atoms with E-state index in [1.54, 1.807) is 25.9 Å². The van der Waals surface area contributed by atoms with Crippen molar-refractivity contribution in [2.75, 3.05) is 53.4 Å². The van der Waals surface area contributed by atoms with Crippen LogP contribution in [0.2, 0.25) is 0 Å². The molecule has 4 atom stereocenters. The Bertz CT molecular complexity index is 645. The second-order valence-electron chi connectivity index (χ2n) is 7.50. The molecule has 2 fully saturated rings. The van der Waals surface area contributed by atoms with Crippen molar-refractivity contribution < 1.29 is 43.2 Å². The van der Waals surface area contributed by atoms with Crippen LogP contribution in [0.3, 0.4) is 0 Å². The van der Waals surface area contributed by atoms with Crippen molar-refractivity contribution in [2.45, 2.75) is 45.1 Å². The van der Waals surface area contributed by atoms with Crippen molar-refractivity contribution in [3.8, 4) is 0 Å². The van der Waals surface area contributed by atoms with Crippen molar-refractivity contribution in [1.82, 2.24) is 9.80 Å². The quantitative estimate of drug-likeness (QED) is 0.515. The van der Waals surface area contributed by atoms with E-state index >= 15 is 0 Å². The standard InChI is InChI=1S/C10H17NO4.C9H13NO4.C3H9NO/c1-4-5-15-10(12)11-8(2)6-14-7-9(11)13-3;1-3-4-14-9(12)10-7(2)5-13-6-8(10)11;1-3(4)2-5/h4,8-9H,1,5-7H2,2-3H3;3,7H,1,4-6H2,2H3;3,5H,2,4H2,1H3/t8-,9?;7-;3-/m000/s1. The Morgan fingerprint density at radius 1 is 1.12 bits per heavy atom. The minimum Gasteiger partial charge on any atom is -0.445 e. The summed E-state index contributed by atoms with van der Waals surface area (Å²) in [6.07, 6.45) is 1.59. The van der Waals surface area contributed by atoms with Crippen LogP contribution in [0, 0.1) is 0 Å². The van der Waals surface area contributed by atoms with Crippen molar-refractivity contribution in [3.63, 3.8) is 0 Å². The third-order valence-corrected chi connectivity index (χ3v) is 4.32. The van der Waals surface area contributed by atoms with Crippen LogP contribution in [0.4, 0.5) is 9.59 Å². The Morgan fingerprint density at radius 3 is 2.12 bits per heavy atom. The number of imide groups is 1. The predicted molar refractivity (Wildman–Crippen MR) is 124 cm³/mol. The van der Waals surface area contributed by atoms with Crippen LogP contribution in [0.25, 0.3) is 0 Å². The molecule has 2 saturated heterocycles. The van der Waals surface area contributed by atoms with E-state index < -0.39 is 12.2 Å². The van der Waals surface area contributed by atoms with Gasteiger partial charge >= 0.3 is 12.2 Å². The second-order valence-corrected chi connectivity index (χ2v) is 7.50. The summed E-state index contributed by atoms with van der Waals surface area (Å²) in [4.78, 5) is 36.9. The molecule has 0 radical (unpaired) electrons. The Labute approximate surface area is 201 Å². The van der Waals surface area contributed by atoms with Gasteiger partial charge in [-0.15, -0.1) is 0 Å². The summed E-state index contributed by atoms with van der Waals surface area (Å²) in [6, 6.07) is -0.371. The van der Waals surface area contributed by atoms with E-state index in [-0.39, 0.29) is 56.7 Å². The van der Waals surface area contributed by atoms with E-state index in [0.29, 0.717) is 19.8 Å². The summed E-state index contributed by atoms with van der Waals surface area (Å²) in [5.74, 6) is -0.363. The number of carbonyl (C=O) groups excluding carboxylic acids is 3. The molecule has 1 unspecified atom stereocenters. The minimum absolute atomic E-state index is 0.0407. The van der Waals surface area contributed by atoms with Crippen molar-refractivity contribution in [3.05, 3.63) is 25.3 Å². The number of hydrogen-bond acceptors (Lipinski definition) is 10. The molecular weight excluding hydrogens is 450 g/mol. The van der Waals surface area contributed by atoms with Gasteiger partial charge in [0.25, 0.3) is 5.91 Å². The number of nitrogens with two attached hydrogens (primary N) is 1. The second kappa shape index (κ2) is 17.9. The van der Waals surface area contributed by atoms with E-state index in [4.69, 9.17) is 34.5 Å². The van der Waals surface area contributed by atoms with Gasteiger partial charge in [0.2, 0.25) is 0 Å². The first-order valence-electron chi connectivity index (χ1n) is 10.8. The van der Waals surface area contributed by atoms with Crippen LogP contribution in [0.15, 0.2) is 25.3 Å². The van der Waals surface area contributed by atoms with Crippen LogP contribution in [-0.2, 0) is 28.5 Å².